The van der Waals surface area contributed by atoms with Crippen molar-refractivity contribution >= 4 is 76.9 Å². The first-order valence-corrected chi connectivity index (χ1v) is 41.4. The molecule has 20 aromatic rings. The Bertz CT molecular complexity index is 6080. The van der Waals surface area contributed by atoms with Gasteiger partial charge in [-0.1, -0.05) is 485 Å². The van der Waals surface area contributed by atoms with Crippen molar-refractivity contribution in [2.75, 3.05) is 0 Å². The van der Waals surface area contributed by atoms with Gasteiger partial charge in [-0.2, -0.15) is 0 Å². The SMILES string of the molecule is c1ccc(C(=C(c2ccccc2)c2ccc(-c3cc(-c4ccc(C(=C(c5ccccc5)c5ccccc5)c5ccccc5)cc4)c4ccc5c(-c6ccc(C(=C(c7ccccc7)c7ccccc7)c7ccccc7)cc6)cc(-c6ccc(C(=C(c7ccccc7)c7ccccc7)c7ccccc7)cc6)c6ccc3c4c65)cc2)c2ccccc2)cc1. The smallest absolute Gasteiger partial charge is 0.00139 e. The average molecular weight is 1520 g/mol. The summed E-state index contributed by atoms with van der Waals surface area (Å²) < 4.78 is 0. The maximum absolute atomic E-state index is 2.49. The van der Waals surface area contributed by atoms with Crippen molar-refractivity contribution in [2.45, 2.75) is 0 Å². The molecule has 0 radical (unpaired) electrons. The minimum absolute atomic E-state index is 1.12. The van der Waals surface area contributed by atoms with Gasteiger partial charge in [-0.25, -0.2) is 0 Å². The summed E-state index contributed by atoms with van der Waals surface area (Å²) in [7, 11) is 0. The first kappa shape index (κ1) is 73.3. The summed E-state index contributed by atoms with van der Waals surface area (Å²) in [5, 5.41) is 7.17. The van der Waals surface area contributed by atoms with E-state index in [1.165, 1.54) is 76.9 Å². The molecule has 20 aromatic carbocycles. The van der Waals surface area contributed by atoms with Gasteiger partial charge in [0.05, 0.1) is 0 Å². The van der Waals surface area contributed by atoms with Gasteiger partial charge in [0.25, 0.3) is 0 Å². The second-order valence-corrected chi connectivity index (χ2v) is 30.7. The van der Waals surface area contributed by atoms with Gasteiger partial charge in [0.1, 0.15) is 0 Å². The molecular formula is C120H82. The number of hydrogen-bond acceptors (Lipinski definition) is 0. The minimum Gasteiger partial charge on any atom is -0.0622 e. The Kier molecular flexibility index (Phi) is 20.4. The van der Waals surface area contributed by atoms with Crippen molar-refractivity contribution in [3.05, 3.63) is 586 Å². The summed E-state index contributed by atoms with van der Waals surface area (Å²) in [6, 6.07) is 183. The van der Waals surface area contributed by atoms with Gasteiger partial charge in [-0.05, 0) is 223 Å². The van der Waals surface area contributed by atoms with E-state index in [-0.39, 0.29) is 0 Å². The fraction of sp³-hybridized carbons (Fsp3) is 0. The van der Waals surface area contributed by atoms with E-state index in [2.05, 4.69) is 497 Å². The van der Waals surface area contributed by atoms with E-state index in [0.717, 1.165) is 134 Å². The molecule has 0 atom stereocenters. The summed E-state index contributed by atoms with van der Waals surface area (Å²) in [6.07, 6.45) is 0. The zero-order valence-electron chi connectivity index (χ0n) is 66.3. The van der Waals surface area contributed by atoms with Crippen molar-refractivity contribution in [2.24, 2.45) is 0 Å². The summed E-state index contributed by atoms with van der Waals surface area (Å²) in [5.41, 5.74) is 36.9. The van der Waals surface area contributed by atoms with Crippen LogP contribution in [0.3, 0.4) is 0 Å². The highest BCUT2D eigenvalue weighted by atomic mass is 14.3. The zero-order valence-corrected chi connectivity index (χ0v) is 66.3. The predicted octanol–water partition coefficient (Wildman–Crippen LogP) is 31.3. The Morgan fingerprint density at radius 3 is 0.325 bits per heavy atom. The number of rotatable bonds is 20. The van der Waals surface area contributed by atoms with E-state index in [1.54, 1.807) is 0 Å². The predicted molar refractivity (Wildman–Crippen MR) is 509 cm³/mol. The van der Waals surface area contributed by atoms with Crippen molar-refractivity contribution in [3.8, 4) is 44.5 Å². The van der Waals surface area contributed by atoms with Crippen LogP contribution >= 0.6 is 0 Å². The van der Waals surface area contributed by atoms with Crippen LogP contribution in [0.2, 0.25) is 0 Å². The van der Waals surface area contributed by atoms with Gasteiger partial charge < -0.3 is 0 Å². The lowest BCUT2D eigenvalue weighted by Gasteiger charge is -2.23. The molecule has 0 saturated carbocycles. The maximum atomic E-state index is 2.49. The number of benzene rings is 20. The highest BCUT2D eigenvalue weighted by Gasteiger charge is 2.26. The zero-order chi connectivity index (χ0) is 79.9. The van der Waals surface area contributed by atoms with Crippen LogP contribution in [-0.2, 0) is 0 Å². The fourth-order valence-electron chi connectivity index (χ4n) is 18.1. The van der Waals surface area contributed by atoms with E-state index >= 15 is 0 Å². The molecule has 0 aliphatic heterocycles. The summed E-state index contributed by atoms with van der Waals surface area (Å²) in [5.74, 6) is 0. The molecule has 0 saturated heterocycles. The molecule has 0 fully saturated rings. The normalized spacial score (nSPS) is 11.2. The van der Waals surface area contributed by atoms with Crippen molar-refractivity contribution in [1.82, 2.24) is 0 Å². The number of hydrogen-bond donors (Lipinski definition) is 0. The molecule has 0 heterocycles. The summed E-state index contributed by atoms with van der Waals surface area (Å²) in [4.78, 5) is 0. The minimum atomic E-state index is 1.12. The van der Waals surface area contributed by atoms with E-state index in [0.29, 0.717) is 0 Å². The third-order valence-electron chi connectivity index (χ3n) is 23.6. The Morgan fingerprint density at radius 2 is 0.208 bits per heavy atom. The van der Waals surface area contributed by atoms with Gasteiger partial charge >= 0.3 is 0 Å². The second kappa shape index (κ2) is 33.3. The van der Waals surface area contributed by atoms with Crippen molar-refractivity contribution < 1.29 is 0 Å². The van der Waals surface area contributed by atoms with E-state index < -0.39 is 0 Å². The molecule has 0 aromatic heterocycles. The van der Waals surface area contributed by atoms with Crippen LogP contribution in [0.1, 0.15) is 89.0 Å². The molecule has 0 unspecified atom stereocenters. The third-order valence-corrected chi connectivity index (χ3v) is 23.6. The second-order valence-electron chi connectivity index (χ2n) is 30.7. The molecule has 120 heavy (non-hydrogen) atoms. The highest BCUT2D eigenvalue weighted by Crippen LogP contribution is 2.51. The van der Waals surface area contributed by atoms with Crippen LogP contribution in [0, 0.1) is 0 Å². The van der Waals surface area contributed by atoms with Gasteiger partial charge in [0.2, 0.25) is 0 Å². The lowest BCUT2D eigenvalue weighted by atomic mass is 9.80. The molecule has 20 rings (SSSR count). The van der Waals surface area contributed by atoms with Crippen LogP contribution < -0.4 is 0 Å². The van der Waals surface area contributed by atoms with Gasteiger partial charge in [-0.15, -0.1) is 0 Å². The Labute approximate surface area is 703 Å². The molecule has 0 amide bonds. The first-order chi connectivity index (χ1) is 59.6. The average Bonchev–Trinajstić information content (AvgIpc) is 0.704. The van der Waals surface area contributed by atoms with Crippen molar-refractivity contribution in [1.29, 1.82) is 0 Å². The van der Waals surface area contributed by atoms with Gasteiger partial charge in [-0.3, -0.25) is 0 Å². The van der Waals surface area contributed by atoms with Gasteiger partial charge in [0, 0.05) is 0 Å². The molecule has 562 valence electrons. The van der Waals surface area contributed by atoms with Crippen LogP contribution in [0.5, 0.6) is 0 Å². The molecule has 0 N–H and O–H groups in total. The highest BCUT2D eigenvalue weighted by molar-refractivity contribution is 6.32. The molecule has 0 nitrogen and oxygen atoms in total. The van der Waals surface area contributed by atoms with Crippen LogP contribution in [-0.4, -0.2) is 0 Å². The fourth-order valence-corrected chi connectivity index (χ4v) is 18.1. The Balaban J connectivity index is 0.845. The Hall–Kier alpha value is -15.6. The lowest BCUT2D eigenvalue weighted by molar-refractivity contribution is 1.50. The summed E-state index contributed by atoms with van der Waals surface area (Å²) >= 11 is 0. The van der Waals surface area contributed by atoms with Gasteiger partial charge in [0.15, 0.2) is 0 Å². The molecule has 0 aliphatic carbocycles. The molecule has 0 aliphatic rings. The monoisotopic (exact) mass is 1520 g/mol. The van der Waals surface area contributed by atoms with Crippen LogP contribution in [0.25, 0.3) is 121 Å². The first-order valence-electron chi connectivity index (χ1n) is 41.4. The van der Waals surface area contributed by atoms with Crippen LogP contribution in [0.15, 0.2) is 497 Å². The Morgan fingerprint density at radius 1 is 0.100 bits per heavy atom. The quantitative estimate of drug-likeness (QED) is 0.0527. The molecular weight excluding hydrogens is 1440 g/mol. The third kappa shape index (κ3) is 14.4. The summed E-state index contributed by atoms with van der Waals surface area (Å²) in [6.45, 7) is 0. The van der Waals surface area contributed by atoms with E-state index in [1.807, 2.05) is 0 Å². The lowest BCUT2D eigenvalue weighted by Crippen LogP contribution is -1.98. The standard InChI is InChI=1S/C120H82/c1-13-37-87(38-14-1)111(88-39-15-2-16-40-88)115(95-53-29-9-30-54-95)99-69-61-83(62-70-99)107-81-108(84-63-71-100(72-64-84)116(96-55-31-10-32-56-96)112(89-41-17-3-18-42-89)90-43-19-4-20-44-90)104-79-80-106-110(86-67-75-102(76-68-86)118(98-59-35-12-36-60-98)114(93-49-25-7-26-50-93)94-51-27-8-28-52-94)82-109(105-78-77-103(107)119(104)120(105)106)85-65-73-101(74-66-85)117(97-57-33-11-34-58-97)113(91-45-21-5-22-46-91)92-47-23-6-24-48-92/h1-82H. The van der Waals surface area contributed by atoms with E-state index in [4.69, 9.17) is 0 Å². The largest absolute Gasteiger partial charge is 0.0622 e. The topological polar surface area (TPSA) is 0 Å². The molecule has 0 spiro atoms. The van der Waals surface area contributed by atoms with Crippen LogP contribution in [0.4, 0.5) is 0 Å². The maximum Gasteiger partial charge on any atom is -0.00139 e. The molecule has 0 bridgehead atoms. The van der Waals surface area contributed by atoms with Crippen molar-refractivity contribution in [3.63, 3.8) is 0 Å². The molecule has 0 heteroatoms. The van der Waals surface area contributed by atoms with E-state index in [9.17, 15) is 0 Å².